The topological polar surface area (TPSA) is 61.4 Å². The van der Waals surface area contributed by atoms with E-state index in [0.29, 0.717) is 11.3 Å². The molecule has 1 saturated heterocycles. The van der Waals surface area contributed by atoms with Crippen LogP contribution in [0.2, 0.25) is 0 Å². The molecule has 1 heterocycles. The fourth-order valence-corrected chi connectivity index (χ4v) is 1.45. The second-order valence-corrected chi connectivity index (χ2v) is 3.43. The van der Waals surface area contributed by atoms with Gasteiger partial charge in [-0.3, -0.25) is 10.1 Å². The van der Waals surface area contributed by atoms with Gasteiger partial charge < -0.3 is 10.4 Å². The molecule has 3 N–H and O–H groups in total. The first-order chi connectivity index (χ1) is 7.16. The van der Waals surface area contributed by atoms with E-state index in [1.807, 2.05) is 0 Å². The molecule has 2 rings (SSSR count). The predicted molar refractivity (Wildman–Crippen MR) is 60.0 cm³/mol. The Morgan fingerprint density at radius 3 is 2.60 bits per heavy atom. The molecular weight excluding hydrogens is 212 g/mol. The van der Waals surface area contributed by atoms with Crippen molar-refractivity contribution in [3.8, 4) is 5.75 Å². The quantitative estimate of drug-likeness (QED) is 0.482. The van der Waals surface area contributed by atoms with Crippen molar-refractivity contribution in [2.75, 3.05) is 0 Å². The van der Waals surface area contributed by atoms with Crippen LogP contribution in [0, 0.1) is 0 Å². The minimum atomic E-state index is -0.289. The van der Waals surface area contributed by atoms with Gasteiger partial charge in [-0.2, -0.15) is 0 Å². The van der Waals surface area contributed by atoms with Crippen molar-refractivity contribution in [3.05, 3.63) is 35.5 Å². The molecule has 0 aliphatic carbocycles. The Bertz CT molecular complexity index is 468. The molecule has 0 spiro atoms. The van der Waals surface area contributed by atoms with E-state index in [0.717, 1.165) is 0 Å². The van der Waals surface area contributed by atoms with Crippen LogP contribution < -0.4 is 10.6 Å². The van der Waals surface area contributed by atoms with Crippen molar-refractivity contribution in [2.45, 2.75) is 0 Å². The molecule has 0 aromatic heterocycles. The maximum absolute atomic E-state index is 11.3. The summed E-state index contributed by atoms with van der Waals surface area (Å²) >= 11 is 4.78. The normalized spacial score (nSPS) is 17.7. The van der Waals surface area contributed by atoms with Crippen molar-refractivity contribution in [1.82, 2.24) is 10.6 Å². The fraction of sp³-hybridized carbons (Fsp3) is 0. The molecule has 15 heavy (non-hydrogen) atoms. The van der Waals surface area contributed by atoms with E-state index in [-0.39, 0.29) is 16.8 Å². The number of hydrogen-bond donors (Lipinski definition) is 3. The third-order valence-electron chi connectivity index (χ3n) is 1.96. The van der Waals surface area contributed by atoms with Crippen LogP contribution in [0.25, 0.3) is 6.08 Å². The number of phenolic OH excluding ortho intramolecular Hbond substituents is 1. The molecule has 1 amide bonds. The number of amides is 1. The molecule has 0 unspecified atom stereocenters. The zero-order chi connectivity index (χ0) is 10.8. The molecule has 0 bridgehead atoms. The van der Waals surface area contributed by atoms with Gasteiger partial charge in [-0.25, -0.2) is 0 Å². The fourth-order valence-electron chi connectivity index (χ4n) is 1.25. The van der Waals surface area contributed by atoms with Crippen LogP contribution in [0.3, 0.4) is 0 Å². The molecule has 76 valence electrons. The molecule has 4 nitrogen and oxygen atoms in total. The molecule has 1 fully saturated rings. The number of hydrogen-bond acceptors (Lipinski definition) is 3. The van der Waals surface area contributed by atoms with Crippen LogP contribution in [-0.4, -0.2) is 16.1 Å². The number of carbonyl (C=O) groups is 1. The number of para-hydroxylation sites is 1. The first-order valence-corrected chi connectivity index (χ1v) is 4.69. The van der Waals surface area contributed by atoms with E-state index >= 15 is 0 Å². The molecule has 1 aromatic rings. The minimum Gasteiger partial charge on any atom is -0.507 e. The Hall–Kier alpha value is -1.88. The van der Waals surface area contributed by atoms with E-state index in [4.69, 9.17) is 12.2 Å². The molecule has 1 aliphatic heterocycles. The lowest BCUT2D eigenvalue weighted by atomic mass is 10.1. The van der Waals surface area contributed by atoms with Crippen LogP contribution in [0.1, 0.15) is 5.56 Å². The highest BCUT2D eigenvalue weighted by atomic mass is 32.1. The van der Waals surface area contributed by atoms with Crippen molar-refractivity contribution in [1.29, 1.82) is 0 Å². The third-order valence-corrected chi connectivity index (χ3v) is 2.16. The number of carbonyl (C=O) groups excluding carboxylic acids is 1. The number of nitrogens with one attached hydrogen (secondary N) is 2. The number of benzene rings is 1. The molecule has 0 saturated carbocycles. The van der Waals surface area contributed by atoms with Gasteiger partial charge in [0, 0.05) is 5.56 Å². The Kier molecular flexibility index (Phi) is 2.39. The Morgan fingerprint density at radius 2 is 2.00 bits per heavy atom. The number of aromatic hydroxyl groups is 1. The SMILES string of the molecule is O=C1NC(=S)N/C1=C\c1ccccc1O. The van der Waals surface area contributed by atoms with Gasteiger partial charge in [-0.05, 0) is 24.4 Å². The summed E-state index contributed by atoms with van der Waals surface area (Å²) in [6, 6.07) is 6.75. The minimum absolute atomic E-state index is 0.123. The lowest BCUT2D eigenvalue weighted by Gasteiger charge is -1.99. The van der Waals surface area contributed by atoms with Gasteiger partial charge >= 0.3 is 0 Å². The molecule has 0 atom stereocenters. The summed E-state index contributed by atoms with van der Waals surface area (Å²) < 4.78 is 0. The van der Waals surface area contributed by atoms with Crippen molar-refractivity contribution in [3.63, 3.8) is 0 Å². The molecule has 1 aromatic carbocycles. The van der Waals surface area contributed by atoms with Gasteiger partial charge in [0.1, 0.15) is 11.4 Å². The highest BCUT2D eigenvalue weighted by Gasteiger charge is 2.20. The maximum atomic E-state index is 11.3. The molecule has 5 heteroatoms. The van der Waals surface area contributed by atoms with Gasteiger partial charge in [0.15, 0.2) is 5.11 Å². The summed E-state index contributed by atoms with van der Waals surface area (Å²) in [5, 5.41) is 14.9. The summed E-state index contributed by atoms with van der Waals surface area (Å²) in [5.41, 5.74) is 0.904. The van der Waals surface area contributed by atoms with Crippen LogP contribution in [-0.2, 0) is 4.79 Å². The lowest BCUT2D eigenvalue weighted by molar-refractivity contribution is -0.115. The monoisotopic (exact) mass is 220 g/mol. The van der Waals surface area contributed by atoms with Crippen LogP contribution >= 0.6 is 12.2 Å². The van der Waals surface area contributed by atoms with Crippen LogP contribution in [0.15, 0.2) is 30.0 Å². The zero-order valence-electron chi connectivity index (χ0n) is 7.65. The van der Waals surface area contributed by atoms with Crippen molar-refractivity contribution < 1.29 is 9.90 Å². The van der Waals surface area contributed by atoms with E-state index in [1.54, 1.807) is 30.3 Å². The predicted octanol–water partition coefficient (Wildman–Crippen LogP) is 0.737. The largest absolute Gasteiger partial charge is 0.507 e. The lowest BCUT2D eigenvalue weighted by Crippen LogP contribution is -2.21. The van der Waals surface area contributed by atoms with Crippen LogP contribution in [0.5, 0.6) is 5.75 Å². The van der Waals surface area contributed by atoms with Crippen LogP contribution in [0.4, 0.5) is 0 Å². The first-order valence-electron chi connectivity index (χ1n) is 4.29. The average Bonchev–Trinajstić information content (AvgIpc) is 2.49. The van der Waals surface area contributed by atoms with Gasteiger partial charge in [-0.1, -0.05) is 18.2 Å². The Morgan fingerprint density at radius 1 is 1.27 bits per heavy atom. The summed E-state index contributed by atoms with van der Waals surface area (Å²) in [7, 11) is 0. The van der Waals surface area contributed by atoms with Crippen molar-refractivity contribution in [2.24, 2.45) is 0 Å². The van der Waals surface area contributed by atoms with Gasteiger partial charge in [0.05, 0.1) is 0 Å². The molecule has 1 aliphatic rings. The standard InChI is InChI=1S/C10H8N2O2S/c13-8-4-2-1-3-6(8)5-7-9(14)12-10(15)11-7/h1-5,13H,(H2,11,12,14,15)/b7-5-. The van der Waals surface area contributed by atoms with Crippen molar-refractivity contribution >= 4 is 29.3 Å². The first kappa shape index (κ1) is 9.67. The Labute approximate surface area is 91.6 Å². The van der Waals surface area contributed by atoms with E-state index in [1.165, 1.54) is 0 Å². The summed E-state index contributed by atoms with van der Waals surface area (Å²) in [6.45, 7) is 0. The van der Waals surface area contributed by atoms with Gasteiger partial charge in [-0.15, -0.1) is 0 Å². The van der Waals surface area contributed by atoms with E-state index in [9.17, 15) is 9.90 Å². The molecule has 0 radical (unpaired) electrons. The highest BCUT2D eigenvalue weighted by Crippen LogP contribution is 2.18. The van der Waals surface area contributed by atoms with E-state index < -0.39 is 0 Å². The summed E-state index contributed by atoms with van der Waals surface area (Å²) in [4.78, 5) is 11.3. The highest BCUT2D eigenvalue weighted by molar-refractivity contribution is 7.80. The number of thiocarbonyl (C=S) groups is 1. The zero-order valence-corrected chi connectivity index (χ0v) is 8.47. The van der Waals surface area contributed by atoms with E-state index in [2.05, 4.69) is 10.6 Å². The number of rotatable bonds is 1. The maximum Gasteiger partial charge on any atom is 0.273 e. The average molecular weight is 220 g/mol. The smallest absolute Gasteiger partial charge is 0.273 e. The van der Waals surface area contributed by atoms with Gasteiger partial charge in [0.2, 0.25) is 0 Å². The second kappa shape index (κ2) is 3.70. The second-order valence-electron chi connectivity index (χ2n) is 3.03. The summed E-state index contributed by atoms with van der Waals surface area (Å²) in [5.74, 6) is -0.166. The summed E-state index contributed by atoms with van der Waals surface area (Å²) in [6.07, 6.45) is 1.55. The number of phenols is 1. The van der Waals surface area contributed by atoms with Gasteiger partial charge in [0.25, 0.3) is 5.91 Å². The third kappa shape index (κ3) is 1.97. The molecular formula is C10H8N2O2S. The Balaban J connectivity index is 2.35.